The first-order valence-corrected chi connectivity index (χ1v) is 8.68. The number of carbonyl (C=O) groups excluding carboxylic acids is 2. The Kier molecular flexibility index (Phi) is 16.0. The summed E-state index contributed by atoms with van der Waals surface area (Å²) < 4.78 is 9.37. The van der Waals surface area contributed by atoms with Crippen LogP contribution in [0.1, 0.15) is 52.9 Å². The molecule has 0 heterocycles. The van der Waals surface area contributed by atoms with E-state index in [0.717, 1.165) is 12.8 Å². The molecule has 6 heteroatoms. The summed E-state index contributed by atoms with van der Waals surface area (Å²) in [6.07, 6.45) is 7.47. The van der Waals surface area contributed by atoms with Gasteiger partial charge in [0.2, 0.25) is 0 Å². The normalized spacial score (nSPS) is 11.5. The molecule has 0 fully saturated rings. The van der Waals surface area contributed by atoms with Crippen LogP contribution < -0.4 is 0 Å². The van der Waals surface area contributed by atoms with E-state index in [9.17, 15) is 14.4 Å². The number of aliphatic carboxylic acids is 1. The van der Waals surface area contributed by atoms with Crippen molar-refractivity contribution in [3.05, 3.63) is 36.5 Å². The number of hydrogen-bond acceptors (Lipinski definition) is 5. The Labute approximate surface area is 156 Å². The molecule has 1 unspecified atom stereocenters. The number of carboxylic acid groups (broad SMARTS) is 1. The lowest BCUT2D eigenvalue weighted by Gasteiger charge is -2.13. The Bertz CT molecular complexity index is 504. The van der Waals surface area contributed by atoms with Crippen LogP contribution in [0.25, 0.3) is 0 Å². The molecule has 0 saturated carbocycles. The summed E-state index contributed by atoms with van der Waals surface area (Å²) in [5.41, 5.74) is 0.424. The number of hydrogen-bond donors (Lipinski definition) is 1. The highest BCUT2D eigenvalue weighted by molar-refractivity contribution is 5.89. The van der Waals surface area contributed by atoms with Gasteiger partial charge in [-0.3, -0.25) is 0 Å². The molecule has 0 spiro atoms. The molecule has 6 nitrogen and oxygen atoms in total. The number of carboxylic acids is 1. The van der Waals surface area contributed by atoms with E-state index in [1.807, 2.05) is 0 Å². The molecule has 0 rings (SSSR count). The second-order valence-electron chi connectivity index (χ2n) is 5.74. The fourth-order valence-corrected chi connectivity index (χ4v) is 1.75. The lowest BCUT2D eigenvalue weighted by Crippen LogP contribution is -2.12. The summed E-state index contributed by atoms with van der Waals surface area (Å²) in [7, 11) is 1.25. The average molecular weight is 368 g/mol. The van der Waals surface area contributed by atoms with E-state index in [4.69, 9.17) is 9.84 Å². The predicted molar refractivity (Wildman–Crippen MR) is 102 cm³/mol. The Balaban J connectivity index is 0. The van der Waals surface area contributed by atoms with Gasteiger partial charge in [-0.1, -0.05) is 52.3 Å². The van der Waals surface area contributed by atoms with Crippen molar-refractivity contribution in [3.8, 4) is 0 Å². The van der Waals surface area contributed by atoms with Crippen molar-refractivity contribution in [2.24, 2.45) is 5.92 Å². The highest BCUT2D eigenvalue weighted by Gasteiger charge is 2.07. The van der Waals surface area contributed by atoms with Crippen LogP contribution in [0.3, 0.4) is 0 Å². The fraction of sp³-hybridized carbons (Fsp3) is 0.550. The number of ether oxygens (including phenoxy) is 2. The van der Waals surface area contributed by atoms with Crippen molar-refractivity contribution >= 4 is 17.9 Å². The van der Waals surface area contributed by atoms with E-state index < -0.39 is 11.9 Å². The number of unbranched alkanes of at least 4 members (excludes halogenated alkanes) is 1. The second-order valence-corrected chi connectivity index (χ2v) is 5.74. The van der Waals surface area contributed by atoms with Gasteiger partial charge in [0, 0.05) is 17.2 Å². The molecule has 0 saturated heterocycles. The molecule has 1 atom stereocenters. The fourth-order valence-electron chi connectivity index (χ4n) is 1.75. The molecule has 0 aromatic rings. The van der Waals surface area contributed by atoms with Gasteiger partial charge in [-0.15, -0.1) is 0 Å². The lowest BCUT2D eigenvalue weighted by molar-refractivity contribution is -0.139. The van der Waals surface area contributed by atoms with E-state index in [1.54, 1.807) is 0 Å². The third kappa shape index (κ3) is 14.0. The molecule has 0 bridgehead atoms. The molecule has 1 N–H and O–H groups in total. The first kappa shape index (κ1) is 25.9. The standard InChI is InChI=1S/C11H20O2.C9H12O4/c1-4-7-8-10(5-2)9-13-11(12)6-3;1-6(8(10)11)4-5-7(2)9(12)13-3/h6,10H,3-5,7-9H2,1-2H3;4H,2,5H2,1,3H3,(H,10,11). The van der Waals surface area contributed by atoms with Crippen molar-refractivity contribution in [1.82, 2.24) is 0 Å². The van der Waals surface area contributed by atoms with E-state index >= 15 is 0 Å². The first-order chi connectivity index (χ1) is 12.2. The van der Waals surface area contributed by atoms with Crippen molar-refractivity contribution < 1.29 is 29.0 Å². The molecule has 148 valence electrons. The van der Waals surface area contributed by atoms with Crippen LogP contribution >= 0.6 is 0 Å². The minimum absolute atomic E-state index is 0.185. The maximum Gasteiger partial charge on any atom is 0.333 e. The lowest BCUT2D eigenvalue weighted by atomic mass is 10.0. The van der Waals surface area contributed by atoms with Crippen molar-refractivity contribution in [3.63, 3.8) is 0 Å². The van der Waals surface area contributed by atoms with Crippen LogP contribution in [-0.4, -0.2) is 36.7 Å². The van der Waals surface area contributed by atoms with Gasteiger partial charge in [-0.2, -0.15) is 0 Å². The number of methoxy groups -OCH3 is 1. The Morgan fingerprint density at radius 1 is 1.23 bits per heavy atom. The SMILES string of the molecule is C=C(CC=C(C)C(=O)O)C(=O)OC.C=CC(=O)OCC(CC)CCCC. The summed E-state index contributed by atoms with van der Waals surface area (Å²) in [6.45, 7) is 13.1. The van der Waals surface area contributed by atoms with Gasteiger partial charge < -0.3 is 14.6 Å². The molecule has 0 aliphatic rings. The van der Waals surface area contributed by atoms with Gasteiger partial charge in [0.05, 0.1) is 13.7 Å². The van der Waals surface area contributed by atoms with Crippen LogP contribution in [-0.2, 0) is 23.9 Å². The topological polar surface area (TPSA) is 89.9 Å². The summed E-state index contributed by atoms with van der Waals surface area (Å²) in [5.74, 6) is -1.31. The highest BCUT2D eigenvalue weighted by Crippen LogP contribution is 2.12. The van der Waals surface area contributed by atoms with Gasteiger partial charge in [-0.25, -0.2) is 14.4 Å². The minimum Gasteiger partial charge on any atom is -0.478 e. The van der Waals surface area contributed by atoms with Crippen LogP contribution in [0.2, 0.25) is 0 Å². The van der Waals surface area contributed by atoms with Crippen molar-refractivity contribution in [1.29, 1.82) is 0 Å². The van der Waals surface area contributed by atoms with Crippen LogP contribution in [0.15, 0.2) is 36.5 Å². The largest absolute Gasteiger partial charge is 0.478 e. The highest BCUT2D eigenvalue weighted by atomic mass is 16.5. The van der Waals surface area contributed by atoms with Gasteiger partial charge in [0.25, 0.3) is 0 Å². The van der Waals surface area contributed by atoms with Gasteiger partial charge >= 0.3 is 17.9 Å². The van der Waals surface area contributed by atoms with E-state index in [-0.39, 0.29) is 23.5 Å². The zero-order valence-corrected chi connectivity index (χ0v) is 16.4. The third-order valence-corrected chi connectivity index (χ3v) is 3.64. The molecule has 26 heavy (non-hydrogen) atoms. The summed E-state index contributed by atoms with van der Waals surface area (Å²) in [5, 5.41) is 8.48. The smallest absolute Gasteiger partial charge is 0.333 e. The molecular weight excluding hydrogens is 336 g/mol. The van der Waals surface area contributed by atoms with Crippen molar-refractivity contribution in [2.45, 2.75) is 52.9 Å². The molecule has 0 aromatic heterocycles. The molecule has 0 aliphatic heterocycles. The maximum absolute atomic E-state index is 10.8. The van der Waals surface area contributed by atoms with Crippen molar-refractivity contribution in [2.75, 3.05) is 13.7 Å². The van der Waals surface area contributed by atoms with Crippen LogP contribution in [0.4, 0.5) is 0 Å². The second kappa shape index (κ2) is 16.1. The van der Waals surface area contributed by atoms with Crippen LogP contribution in [0, 0.1) is 5.92 Å². The Hall–Kier alpha value is -2.37. The summed E-state index contributed by atoms with van der Waals surface area (Å²) >= 11 is 0. The molecule has 0 amide bonds. The summed E-state index contributed by atoms with van der Waals surface area (Å²) in [4.78, 5) is 31.9. The zero-order chi connectivity index (χ0) is 20.5. The summed E-state index contributed by atoms with van der Waals surface area (Å²) in [6, 6.07) is 0. The monoisotopic (exact) mass is 368 g/mol. The van der Waals surface area contributed by atoms with Gasteiger partial charge in [0.1, 0.15) is 0 Å². The maximum atomic E-state index is 10.8. The average Bonchev–Trinajstić information content (AvgIpc) is 2.65. The zero-order valence-electron chi connectivity index (χ0n) is 16.4. The number of rotatable bonds is 11. The van der Waals surface area contributed by atoms with Gasteiger partial charge in [-0.05, 0) is 25.7 Å². The Morgan fingerprint density at radius 3 is 2.27 bits per heavy atom. The van der Waals surface area contributed by atoms with Crippen LogP contribution in [0.5, 0.6) is 0 Å². The quantitative estimate of drug-likeness (QED) is 0.437. The molecule has 0 aliphatic carbocycles. The first-order valence-electron chi connectivity index (χ1n) is 8.68. The molecular formula is C20H32O6. The minimum atomic E-state index is -1.00. The van der Waals surface area contributed by atoms with Gasteiger partial charge in [0.15, 0.2) is 0 Å². The Morgan fingerprint density at radius 2 is 1.85 bits per heavy atom. The third-order valence-electron chi connectivity index (χ3n) is 3.64. The number of esters is 2. The van der Waals surface area contributed by atoms with E-state index in [1.165, 1.54) is 39.0 Å². The molecule has 0 radical (unpaired) electrons. The number of allylic oxidation sites excluding steroid dienone is 1. The van der Waals surface area contributed by atoms with E-state index in [2.05, 4.69) is 31.7 Å². The van der Waals surface area contributed by atoms with E-state index in [0.29, 0.717) is 12.5 Å². The predicted octanol–water partition coefficient (Wildman–Crippen LogP) is 4.07. The molecule has 0 aromatic carbocycles. The number of carbonyl (C=O) groups is 3.